The Kier molecular flexibility index (Phi) is 5.10. The summed E-state index contributed by atoms with van der Waals surface area (Å²) >= 11 is 0. The largest absolute Gasteiger partial charge is 0.356 e. The molecule has 1 heterocycles. The molecule has 112 valence electrons. The van der Waals surface area contributed by atoms with Crippen LogP contribution >= 0.6 is 0 Å². The van der Waals surface area contributed by atoms with E-state index in [1.54, 1.807) is 0 Å². The number of hydrogen-bond acceptors (Lipinski definition) is 2. The first kappa shape index (κ1) is 14.7. The van der Waals surface area contributed by atoms with Crippen LogP contribution in [0.3, 0.4) is 0 Å². The van der Waals surface area contributed by atoms with E-state index in [1.165, 1.54) is 32.1 Å². The minimum atomic E-state index is 0.176. The zero-order chi connectivity index (χ0) is 15.0. The van der Waals surface area contributed by atoms with Crippen molar-refractivity contribution in [3.05, 3.63) is 60.3 Å². The van der Waals surface area contributed by atoms with Gasteiger partial charge in [0.25, 0.3) is 0 Å². The zero-order valence-electron chi connectivity index (χ0n) is 12.8. The first-order chi connectivity index (χ1) is 10.9. The van der Waals surface area contributed by atoms with E-state index in [0.29, 0.717) is 5.92 Å². The van der Waals surface area contributed by atoms with Gasteiger partial charge in [-0.15, -0.1) is 0 Å². The maximum Gasteiger partial charge on any atom is 0.126 e. The lowest BCUT2D eigenvalue weighted by Gasteiger charge is -2.27. The lowest BCUT2D eigenvalue weighted by atomic mass is 9.84. The molecular weight excluding hydrogens is 268 g/mol. The Bertz CT molecular complexity index is 619. The van der Waals surface area contributed by atoms with E-state index in [0.717, 1.165) is 11.4 Å². The van der Waals surface area contributed by atoms with Crippen molar-refractivity contribution in [1.82, 2.24) is 4.98 Å². The van der Waals surface area contributed by atoms with Gasteiger partial charge in [0.1, 0.15) is 5.82 Å². The molecule has 1 fully saturated rings. The molecule has 1 saturated carbocycles. The van der Waals surface area contributed by atoms with Crippen LogP contribution in [-0.4, -0.2) is 11.0 Å². The molecule has 1 aliphatic rings. The molecule has 2 heteroatoms. The number of aromatic nitrogens is 1. The third-order valence-corrected chi connectivity index (χ3v) is 4.24. The van der Waals surface area contributed by atoms with E-state index in [9.17, 15) is 0 Å². The third kappa shape index (κ3) is 4.11. The molecule has 0 spiro atoms. The monoisotopic (exact) mass is 290 g/mol. The molecule has 1 unspecified atom stereocenters. The van der Waals surface area contributed by atoms with Crippen LogP contribution in [0.4, 0.5) is 5.82 Å². The topological polar surface area (TPSA) is 24.9 Å². The number of rotatable bonds is 3. The predicted octanol–water partition coefficient (Wildman–Crippen LogP) is 4.49. The molecule has 1 aromatic carbocycles. The summed E-state index contributed by atoms with van der Waals surface area (Å²) in [7, 11) is 0. The molecule has 2 nitrogen and oxygen atoms in total. The molecule has 22 heavy (non-hydrogen) atoms. The van der Waals surface area contributed by atoms with Crippen molar-refractivity contribution in [3.63, 3.8) is 0 Å². The smallest absolute Gasteiger partial charge is 0.126 e. The molecule has 1 atom stereocenters. The van der Waals surface area contributed by atoms with Gasteiger partial charge in [0.2, 0.25) is 0 Å². The van der Waals surface area contributed by atoms with Crippen molar-refractivity contribution in [2.24, 2.45) is 5.92 Å². The van der Waals surface area contributed by atoms with Crippen molar-refractivity contribution < 1.29 is 0 Å². The van der Waals surface area contributed by atoms with E-state index < -0.39 is 0 Å². The van der Waals surface area contributed by atoms with Crippen molar-refractivity contribution >= 4 is 5.82 Å². The standard InChI is InChI=1S/C20H22N2/c1-3-9-17(10-4-1)14-15-19(18-11-5-2-6-12-18)22-20-13-7-8-16-21-20/h1,3-4,7-10,13,16,18-19H,2,5-6,11-12H2,(H,21,22). The molecule has 2 aromatic rings. The van der Waals surface area contributed by atoms with Crippen LogP contribution in [0.15, 0.2) is 54.7 Å². The number of nitrogens with one attached hydrogen (secondary N) is 1. The normalized spacial score (nSPS) is 16.4. The van der Waals surface area contributed by atoms with E-state index >= 15 is 0 Å². The van der Waals surface area contributed by atoms with Crippen LogP contribution in [0.5, 0.6) is 0 Å². The fraction of sp³-hybridized carbons (Fsp3) is 0.350. The van der Waals surface area contributed by atoms with Gasteiger partial charge in [-0.2, -0.15) is 0 Å². The summed E-state index contributed by atoms with van der Waals surface area (Å²) in [6.07, 6.45) is 8.34. The molecule has 0 aliphatic heterocycles. The van der Waals surface area contributed by atoms with Gasteiger partial charge in [0.05, 0.1) is 6.04 Å². The summed E-state index contributed by atoms with van der Waals surface area (Å²) in [6, 6.07) is 16.4. The van der Waals surface area contributed by atoms with E-state index in [1.807, 2.05) is 42.6 Å². The van der Waals surface area contributed by atoms with Crippen molar-refractivity contribution in [3.8, 4) is 11.8 Å². The molecule has 0 radical (unpaired) electrons. The summed E-state index contributed by atoms with van der Waals surface area (Å²) in [4.78, 5) is 4.39. The summed E-state index contributed by atoms with van der Waals surface area (Å²) < 4.78 is 0. The number of nitrogens with zero attached hydrogens (tertiary/aromatic N) is 1. The molecule has 0 saturated heterocycles. The Morgan fingerprint density at radius 3 is 2.45 bits per heavy atom. The van der Waals surface area contributed by atoms with Gasteiger partial charge in [0, 0.05) is 11.8 Å². The number of pyridine rings is 1. The average Bonchev–Trinajstić information content (AvgIpc) is 2.61. The lowest BCUT2D eigenvalue weighted by Crippen LogP contribution is -2.29. The van der Waals surface area contributed by atoms with E-state index in [-0.39, 0.29) is 6.04 Å². The fourth-order valence-corrected chi connectivity index (χ4v) is 3.03. The van der Waals surface area contributed by atoms with Crippen LogP contribution in [0.2, 0.25) is 0 Å². The van der Waals surface area contributed by atoms with Crippen molar-refractivity contribution in [1.29, 1.82) is 0 Å². The summed E-state index contributed by atoms with van der Waals surface area (Å²) in [6.45, 7) is 0. The first-order valence-electron chi connectivity index (χ1n) is 8.16. The molecule has 1 aromatic heterocycles. The zero-order valence-corrected chi connectivity index (χ0v) is 12.8. The second-order valence-corrected chi connectivity index (χ2v) is 5.87. The van der Waals surface area contributed by atoms with Crippen molar-refractivity contribution in [2.75, 3.05) is 5.32 Å². The van der Waals surface area contributed by atoms with Gasteiger partial charge < -0.3 is 5.32 Å². The minimum absolute atomic E-state index is 0.176. The summed E-state index contributed by atoms with van der Waals surface area (Å²) in [5, 5.41) is 3.53. The lowest BCUT2D eigenvalue weighted by molar-refractivity contribution is 0.347. The maximum absolute atomic E-state index is 4.39. The maximum atomic E-state index is 4.39. The highest BCUT2D eigenvalue weighted by Gasteiger charge is 2.22. The second kappa shape index (κ2) is 7.66. The highest BCUT2D eigenvalue weighted by molar-refractivity contribution is 5.41. The van der Waals surface area contributed by atoms with Gasteiger partial charge in [0.15, 0.2) is 0 Å². The van der Waals surface area contributed by atoms with Crippen LogP contribution in [-0.2, 0) is 0 Å². The van der Waals surface area contributed by atoms with Gasteiger partial charge >= 0.3 is 0 Å². The number of anilines is 1. The Labute approximate surface area is 133 Å². The van der Waals surface area contributed by atoms with Crippen LogP contribution in [0.1, 0.15) is 37.7 Å². The minimum Gasteiger partial charge on any atom is -0.356 e. The van der Waals surface area contributed by atoms with E-state index in [2.05, 4.69) is 34.3 Å². The highest BCUT2D eigenvalue weighted by atomic mass is 15.0. The molecule has 1 N–H and O–H groups in total. The Morgan fingerprint density at radius 1 is 0.955 bits per heavy atom. The molecule has 1 aliphatic carbocycles. The summed E-state index contributed by atoms with van der Waals surface area (Å²) in [5.41, 5.74) is 1.08. The van der Waals surface area contributed by atoms with Crippen LogP contribution in [0, 0.1) is 17.8 Å². The van der Waals surface area contributed by atoms with Gasteiger partial charge in [-0.05, 0) is 43.0 Å². The second-order valence-electron chi connectivity index (χ2n) is 5.87. The van der Waals surface area contributed by atoms with Crippen molar-refractivity contribution in [2.45, 2.75) is 38.1 Å². The van der Waals surface area contributed by atoms with Gasteiger partial charge in [-0.1, -0.05) is 55.4 Å². The highest BCUT2D eigenvalue weighted by Crippen LogP contribution is 2.27. The molecule has 3 rings (SSSR count). The molecular formula is C20H22N2. The van der Waals surface area contributed by atoms with Crippen LogP contribution < -0.4 is 5.32 Å². The number of hydrogen-bond donors (Lipinski definition) is 1. The van der Waals surface area contributed by atoms with Crippen LogP contribution in [0.25, 0.3) is 0 Å². The first-order valence-corrected chi connectivity index (χ1v) is 8.16. The number of benzene rings is 1. The predicted molar refractivity (Wildman–Crippen MR) is 91.5 cm³/mol. The molecule has 0 bridgehead atoms. The average molecular weight is 290 g/mol. The van der Waals surface area contributed by atoms with Gasteiger partial charge in [-0.3, -0.25) is 0 Å². The Hall–Kier alpha value is -2.27. The fourth-order valence-electron chi connectivity index (χ4n) is 3.03. The molecule has 0 amide bonds. The van der Waals surface area contributed by atoms with Gasteiger partial charge in [-0.25, -0.2) is 4.98 Å². The van der Waals surface area contributed by atoms with E-state index in [4.69, 9.17) is 0 Å². The third-order valence-electron chi connectivity index (χ3n) is 4.24. The quantitative estimate of drug-likeness (QED) is 0.842. The Morgan fingerprint density at radius 2 is 1.73 bits per heavy atom. The Balaban J connectivity index is 1.78. The summed E-state index contributed by atoms with van der Waals surface area (Å²) in [5.74, 6) is 8.31. The SMILES string of the molecule is C(#CC(Nc1ccccn1)C1CCCCC1)c1ccccc1.